The van der Waals surface area contributed by atoms with Crippen LogP contribution < -0.4 is 4.72 Å². The summed E-state index contributed by atoms with van der Waals surface area (Å²) in [4.78, 5) is 10.9. The zero-order valence-electron chi connectivity index (χ0n) is 9.91. The third kappa shape index (κ3) is 3.43. The summed E-state index contributed by atoms with van der Waals surface area (Å²) >= 11 is 5.52. The maximum atomic E-state index is 13.5. The van der Waals surface area contributed by atoms with Gasteiger partial charge in [-0.25, -0.2) is 17.5 Å². The van der Waals surface area contributed by atoms with E-state index in [4.69, 9.17) is 11.6 Å². The largest absolute Gasteiger partial charge is 0.274 e. The van der Waals surface area contributed by atoms with Crippen LogP contribution in [0.2, 0.25) is 5.02 Å². The summed E-state index contributed by atoms with van der Waals surface area (Å²) in [6, 6.07) is 3.14. The molecule has 0 heterocycles. The van der Waals surface area contributed by atoms with Crippen LogP contribution in [0.25, 0.3) is 0 Å². The summed E-state index contributed by atoms with van der Waals surface area (Å²) in [7, 11) is -4.20. The molecule has 0 radical (unpaired) electrons. The Kier molecular flexibility index (Phi) is 4.70. The smallest absolute Gasteiger partial charge is 0.266 e. The summed E-state index contributed by atoms with van der Waals surface area (Å²) < 4.78 is 38.9. The van der Waals surface area contributed by atoms with Crippen LogP contribution in [0.1, 0.15) is 20.3 Å². The lowest BCUT2D eigenvalue weighted by Gasteiger charge is -2.11. The van der Waals surface area contributed by atoms with E-state index in [0.717, 1.165) is 12.1 Å². The van der Waals surface area contributed by atoms with Crippen LogP contribution in [-0.2, 0) is 14.8 Å². The van der Waals surface area contributed by atoms with E-state index in [1.165, 1.54) is 6.07 Å². The van der Waals surface area contributed by atoms with Crippen LogP contribution in [0.4, 0.5) is 4.39 Å². The number of nitrogens with one attached hydrogen (secondary N) is 1. The molecule has 0 spiro atoms. The molecule has 0 bridgehead atoms. The van der Waals surface area contributed by atoms with Gasteiger partial charge in [-0.05, 0) is 24.6 Å². The minimum atomic E-state index is -4.20. The number of halogens is 2. The Bertz CT molecular complexity index is 559. The monoisotopic (exact) mass is 293 g/mol. The number of sulfonamides is 1. The maximum absolute atomic E-state index is 13.5. The first-order chi connectivity index (χ1) is 8.27. The second kappa shape index (κ2) is 5.67. The fourth-order valence-corrected chi connectivity index (χ4v) is 2.46. The Morgan fingerprint density at radius 3 is 2.61 bits per heavy atom. The number of carbonyl (C=O) groups excluding carboxylic acids is 1. The Labute approximate surface area is 110 Å². The van der Waals surface area contributed by atoms with E-state index in [0.29, 0.717) is 6.42 Å². The van der Waals surface area contributed by atoms with Gasteiger partial charge < -0.3 is 0 Å². The van der Waals surface area contributed by atoms with Crippen molar-refractivity contribution in [1.29, 1.82) is 0 Å². The van der Waals surface area contributed by atoms with Crippen LogP contribution in [0.5, 0.6) is 0 Å². The molecule has 1 N–H and O–H groups in total. The molecule has 0 saturated carbocycles. The van der Waals surface area contributed by atoms with Gasteiger partial charge in [0.05, 0.1) is 0 Å². The van der Waals surface area contributed by atoms with Crippen LogP contribution in [0.15, 0.2) is 23.1 Å². The average Bonchev–Trinajstić information content (AvgIpc) is 2.26. The van der Waals surface area contributed by atoms with Crippen molar-refractivity contribution < 1.29 is 17.6 Å². The van der Waals surface area contributed by atoms with Gasteiger partial charge in [-0.15, -0.1) is 0 Å². The molecule has 0 aliphatic rings. The molecule has 0 fully saturated rings. The molecular formula is C11H13ClFNO3S. The lowest BCUT2D eigenvalue weighted by Crippen LogP contribution is -2.34. The molecule has 0 saturated heterocycles. The van der Waals surface area contributed by atoms with E-state index in [1.807, 2.05) is 4.72 Å². The van der Waals surface area contributed by atoms with Crippen LogP contribution in [-0.4, -0.2) is 14.3 Å². The predicted octanol–water partition coefficient (Wildman–Crippen LogP) is 2.33. The van der Waals surface area contributed by atoms with Gasteiger partial charge >= 0.3 is 0 Å². The van der Waals surface area contributed by atoms with Crippen molar-refractivity contribution in [3.8, 4) is 0 Å². The second-order valence-corrected chi connectivity index (χ2v) is 5.94. The number of rotatable bonds is 4. The number of amides is 1. The lowest BCUT2D eigenvalue weighted by molar-refractivity contribution is -0.122. The number of carbonyl (C=O) groups is 1. The topological polar surface area (TPSA) is 63.2 Å². The van der Waals surface area contributed by atoms with Crippen molar-refractivity contribution in [1.82, 2.24) is 4.72 Å². The Morgan fingerprint density at radius 2 is 2.11 bits per heavy atom. The van der Waals surface area contributed by atoms with Gasteiger partial charge in [-0.2, -0.15) is 0 Å². The predicted molar refractivity (Wildman–Crippen MR) is 66.2 cm³/mol. The summed E-state index contributed by atoms with van der Waals surface area (Å²) in [5.74, 6) is -2.12. The molecule has 1 rings (SSSR count). The standard InChI is InChI=1S/C11H13ClFNO3S/c1-3-7(2)11(15)14-18(16,17)10-5-4-8(12)6-9(10)13/h4-7H,3H2,1-2H3,(H,14,15). The molecule has 0 aliphatic carbocycles. The fraction of sp³-hybridized carbons (Fsp3) is 0.364. The number of hydrogen-bond donors (Lipinski definition) is 1. The molecule has 100 valence electrons. The summed E-state index contributed by atoms with van der Waals surface area (Å²) in [6.07, 6.45) is 0.491. The van der Waals surface area contributed by atoms with Gasteiger partial charge in [0.1, 0.15) is 10.7 Å². The number of benzene rings is 1. The third-order valence-electron chi connectivity index (χ3n) is 2.48. The van der Waals surface area contributed by atoms with Crippen molar-refractivity contribution in [3.05, 3.63) is 29.0 Å². The summed E-state index contributed by atoms with van der Waals surface area (Å²) in [6.45, 7) is 3.34. The second-order valence-electron chi connectivity index (χ2n) is 3.85. The van der Waals surface area contributed by atoms with Crippen LogP contribution >= 0.6 is 11.6 Å². The number of hydrogen-bond acceptors (Lipinski definition) is 3. The minimum absolute atomic E-state index is 0.0831. The lowest BCUT2D eigenvalue weighted by atomic mass is 10.1. The molecule has 1 unspecified atom stereocenters. The van der Waals surface area contributed by atoms with Crippen LogP contribution in [0, 0.1) is 11.7 Å². The maximum Gasteiger partial charge on any atom is 0.266 e. The van der Waals surface area contributed by atoms with E-state index in [1.54, 1.807) is 13.8 Å². The van der Waals surface area contributed by atoms with Gasteiger partial charge in [-0.1, -0.05) is 25.4 Å². The Morgan fingerprint density at radius 1 is 1.50 bits per heavy atom. The molecule has 1 aromatic rings. The fourth-order valence-electron chi connectivity index (χ4n) is 1.17. The van der Waals surface area contributed by atoms with Crippen molar-refractivity contribution >= 4 is 27.5 Å². The molecular weight excluding hydrogens is 281 g/mol. The normalized spacial score (nSPS) is 13.1. The summed E-state index contributed by atoms with van der Waals surface area (Å²) in [5.41, 5.74) is 0. The first kappa shape index (κ1) is 14.9. The SMILES string of the molecule is CCC(C)C(=O)NS(=O)(=O)c1ccc(Cl)cc1F. The van der Waals surface area contributed by atoms with Crippen molar-refractivity contribution in [2.24, 2.45) is 5.92 Å². The van der Waals surface area contributed by atoms with E-state index in [2.05, 4.69) is 0 Å². The molecule has 1 amide bonds. The molecule has 18 heavy (non-hydrogen) atoms. The minimum Gasteiger partial charge on any atom is -0.274 e. The third-order valence-corrected chi connectivity index (χ3v) is 4.09. The van der Waals surface area contributed by atoms with Gasteiger partial charge in [0, 0.05) is 10.9 Å². The first-order valence-electron chi connectivity index (χ1n) is 5.29. The van der Waals surface area contributed by atoms with E-state index < -0.39 is 32.6 Å². The molecule has 1 atom stereocenters. The van der Waals surface area contributed by atoms with Gasteiger partial charge in [0.2, 0.25) is 5.91 Å². The average molecular weight is 294 g/mol. The highest BCUT2D eigenvalue weighted by Crippen LogP contribution is 2.19. The molecule has 0 aliphatic heterocycles. The highest BCUT2D eigenvalue weighted by atomic mass is 35.5. The quantitative estimate of drug-likeness (QED) is 0.927. The molecule has 1 aromatic carbocycles. The highest BCUT2D eigenvalue weighted by molar-refractivity contribution is 7.90. The molecule has 7 heteroatoms. The van der Waals surface area contributed by atoms with Crippen molar-refractivity contribution in [2.75, 3.05) is 0 Å². The van der Waals surface area contributed by atoms with Gasteiger partial charge in [-0.3, -0.25) is 4.79 Å². The van der Waals surface area contributed by atoms with E-state index in [9.17, 15) is 17.6 Å². The van der Waals surface area contributed by atoms with E-state index in [-0.39, 0.29) is 5.02 Å². The van der Waals surface area contributed by atoms with E-state index >= 15 is 0 Å². The van der Waals surface area contributed by atoms with Crippen LogP contribution in [0.3, 0.4) is 0 Å². The Hall–Kier alpha value is -1.14. The summed E-state index contributed by atoms with van der Waals surface area (Å²) in [5, 5.41) is 0.0831. The van der Waals surface area contributed by atoms with Crippen molar-refractivity contribution in [3.63, 3.8) is 0 Å². The molecule has 4 nitrogen and oxygen atoms in total. The highest BCUT2D eigenvalue weighted by Gasteiger charge is 2.23. The van der Waals surface area contributed by atoms with Gasteiger partial charge in [0.25, 0.3) is 10.0 Å². The first-order valence-corrected chi connectivity index (χ1v) is 7.15. The molecule has 0 aromatic heterocycles. The van der Waals surface area contributed by atoms with Gasteiger partial charge in [0.15, 0.2) is 0 Å². The Balaban J connectivity index is 3.04. The zero-order chi connectivity index (χ0) is 13.9. The zero-order valence-corrected chi connectivity index (χ0v) is 11.5. The van der Waals surface area contributed by atoms with Crippen molar-refractivity contribution in [2.45, 2.75) is 25.2 Å².